The highest BCUT2D eigenvalue weighted by molar-refractivity contribution is 7.93. The molecule has 2 N–H and O–H groups in total. The highest BCUT2D eigenvalue weighted by atomic mass is 32.2. The number of carboxylic acids is 1. The molecule has 34 heavy (non-hydrogen) atoms. The minimum Gasteiger partial charge on any atom is -0.489 e. The van der Waals surface area contributed by atoms with Crippen LogP contribution in [-0.2, 0) is 19.6 Å². The molecule has 0 fully saturated rings. The number of anilines is 2. The molecule has 0 bridgehead atoms. The summed E-state index contributed by atoms with van der Waals surface area (Å²) in [5, 5.41) is 11.6. The monoisotopic (exact) mass is 506 g/mol. The van der Waals surface area contributed by atoms with Gasteiger partial charge in [0.25, 0.3) is 10.0 Å². The Morgan fingerprint density at radius 3 is 2.32 bits per heavy atom. The maximum Gasteiger partial charge on any atom is 0.427 e. The van der Waals surface area contributed by atoms with E-state index in [2.05, 4.69) is 4.74 Å². The van der Waals surface area contributed by atoms with Crippen molar-refractivity contribution >= 4 is 33.5 Å². The van der Waals surface area contributed by atoms with Crippen LogP contribution in [0.5, 0.6) is 5.75 Å². The fraction of sp³-hybridized carbons (Fsp3) is 0.300. The highest BCUT2D eigenvalue weighted by Gasteiger charge is 2.51. The SMILES string of the molecule is CC(C)(OC(=O)Nc1ccc2c(c1)N(S(=O)(=O)c1ccc(F)cc1)C(C(=O)O)CO2)C(F)(F)F. The standard InChI is InChI=1S/C20H18F4N2O7S/c1-19(2,20(22,23)24)33-18(29)25-12-5-8-16-14(9-12)26(15(10-32-16)17(27)28)34(30,31)13-6-3-11(21)4-7-13/h3-9,15H,10H2,1-2H3,(H,25,29)(H,27,28). The second kappa shape index (κ2) is 8.66. The summed E-state index contributed by atoms with van der Waals surface area (Å²) in [4.78, 5) is 23.4. The first-order valence-electron chi connectivity index (χ1n) is 9.50. The van der Waals surface area contributed by atoms with Crippen molar-refractivity contribution < 1.29 is 50.1 Å². The average Bonchev–Trinajstić information content (AvgIpc) is 2.71. The molecule has 1 aliphatic rings. The van der Waals surface area contributed by atoms with Gasteiger partial charge in [0.1, 0.15) is 18.2 Å². The van der Waals surface area contributed by atoms with Gasteiger partial charge in [0.15, 0.2) is 6.04 Å². The molecule has 0 saturated carbocycles. The number of sulfonamides is 1. The summed E-state index contributed by atoms with van der Waals surface area (Å²) < 4.78 is 89.0. The van der Waals surface area contributed by atoms with Gasteiger partial charge in [-0.1, -0.05) is 0 Å². The van der Waals surface area contributed by atoms with Gasteiger partial charge < -0.3 is 14.6 Å². The van der Waals surface area contributed by atoms with E-state index >= 15 is 0 Å². The van der Waals surface area contributed by atoms with Crippen LogP contribution in [0.15, 0.2) is 47.4 Å². The van der Waals surface area contributed by atoms with Gasteiger partial charge in [0.2, 0.25) is 5.60 Å². The molecule has 1 heterocycles. The molecule has 1 atom stereocenters. The number of carbonyl (C=O) groups excluding carboxylic acids is 1. The number of aliphatic carboxylic acids is 1. The van der Waals surface area contributed by atoms with Crippen LogP contribution in [0.4, 0.5) is 33.7 Å². The van der Waals surface area contributed by atoms with E-state index < -0.39 is 57.2 Å². The number of carbonyl (C=O) groups is 2. The van der Waals surface area contributed by atoms with E-state index in [1.807, 2.05) is 5.32 Å². The number of benzene rings is 2. The third-order valence-electron chi connectivity index (χ3n) is 4.81. The van der Waals surface area contributed by atoms with Crippen molar-refractivity contribution in [1.29, 1.82) is 0 Å². The minimum atomic E-state index is -4.86. The molecule has 1 amide bonds. The molecule has 2 aromatic carbocycles. The second-order valence-corrected chi connectivity index (χ2v) is 9.44. The third-order valence-corrected chi connectivity index (χ3v) is 6.65. The number of alkyl halides is 3. The van der Waals surface area contributed by atoms with E-state index in [0.29, 0.717) is 18.2 Å². The molecule has 0 aliphatic carbocycles. The van der Waals surface area contributed by atoms with Gasteiger partial charge in [-0.05, 0) is 56.3 Å². The average molecular weight is 506 g/mol. The van der Waals surface area contributed by atoms with E-state index in [9.17, 15) is 40.7 Å². The summed E-state index contributed by atoms with van der Waals surface area (Å²) in [7, 11) is -4.57. The maximum atomic E-state index is 13.3. The molecular formula is C20H18F4N2O7S. The Morgan fingerprint density at radius 2 is 1.76 bits per heavy atom. The van der Waals surface area contributed by atoms with E-state index in [1.54, 1.807) is 0 Å². The first-order chi connectivity index (χ1) is 15.6. The molecule has 1 unspecified atom stereocenters. The van der Waals surface area contributed by atoms with Crippen molar-refractivity contribution in [3.8, 4) is 5.75 Å². The number of amides is 1. The topological polar surface area (TPSA) is 122 Å². The summed E-state index contributed by atoms with van der Waals surface area (Å²) in [6.45, 7) is 0.723. The van der Waals surface area contributed by atoms with Gasteiger partial charge in [0.05, 0.1) is 10.6 Å². The Morgan fingerprint density at radius 1 is 1.15 bits per heavy atom. The Labute approximate surface area is 190 Å². The number of fused-ring (bicyclic) bond motifs is 1. The lowest BCUT2D eigenvalue weighted by Gasteiger charge is -2.35. The molecule has 3 rings (SSSR count). The van der Waals surface area contributed by atoms with Crippen LogP contribution in [0, 0.1) is 5.82 Å². The second-order valence-electron chi connectivity index (χ2n) is 7.62. The highest BCUT2D eigenvalue weighted by Crippen LogP contribution is 2.40. The lowest BCUT2D eigenvalue weighted by atomic mass is 10.1. The minimum absolute atomic E-state index is 0.0716. The number of halogens is 4. The molecule has 0 radical (unpaired) electrons. The molecule has 184 valence electrons. The van der Waals surface area contributed by atoms with Gasteiger partial charge in [0, 0.05) is 5.69 Å². The summed E-state index contributed by atoms with van der Waals surface area (Å²) in [5.41, 5.74) is -3.33. The molecule has 0 spiro atoms. The number of hydrogen-bond donors (Lipinski definition) is 2. The molecule has 14 heteroatoms. The summed E-state index contributed by atoms with van der Waals surface area (Å²) in [5.74, 6) is -2.35. The number of ether oxygens (including phenoxy) is 2. The van der Waals surface area contributed by atoms with Crippen molar-refractivity contribution in [3.63, 3.8) is 0 Å². The number of rotatable bonds is 5. The van der Waals surface area contributed by atoms with Crippen LogP contribution in [0.3, 0.4) is 0 Å². The predicted octanol–water partition coefficient (Wildman–Crippen LogP) is 3.76. The third kappa shape index (κ3) is 4.85. The summed E-state index contributed by atoms with van der Waals surface area (Å²) in [6, 6.07) is 5.31. The lowest BCUT2D eigenvalue weighted by molar-refractivity contribution is -0.242. The van der Waals surface area contributed by atoms with Crippen LogP contribution in [0.2, 0.25) is 0 Å². The van der Waals surface area contributed by atoms with Gasteiger partial charge in [-0.25, -0.2) is 26.7 Å². The fourth-order valence-corrected chi connectivity index (χ4v) is 4.51. The van der Waals surface area contributed by atoms with Gasteiger partial charge in [-0.2, -0.15) is 13.2 Å². The molecule has 0 saturated heterocycles. The van der Waals surface area contributed by atoms with E-state index in [-0.39, 0.29) is 17.1 Å². The largest absolute Gasteiger partial charge is 0.489 e. The van der Waals surface area contributed by atoms with Crippen LogP contribution in [-0.4, -0.2) is 50.0 Å². The Kier molecular flexibility index (Phi) is 6.39. The van der Waals surface area contributed by atoms with Crippen molar-refractivity contribution in [2.45, 2.75) is 36.6 Å². The van der Waals surface area contributed by atoms with Crippen LogP contribution < -0.4 is 14.4 Å². The van der Waals surface area contributed by atoms with Crippen molar-refractivity contribution in [2.75, 3.05) is 16.2 Å². The quantitative estimate of drug-likeness (QED) is 0.592. The van der Waals surface area contributed by atoms with Crippen molar-refractivity contribution in [1.82, 2.24) is 0 Å². The van der Waals surface area contributed by atoms with E-state index in [0.717, 1.165) is 30.3 Å². The number of nitrogens with zero attached hydrogens (tertiary/aromatic N) is 1. The zero-order valence-corrected chi connectivity index (χ0v) is 18.4. The van der Waals surface area contributed by atoms with Crippen LogP contribution in [0.25, 0.3) is 0 Å². The molecule has 2 aromatic rings. The Hall–Kier alpha value is -3.55. The van der Waals surface area contributed by atoms with Gasteiger partial charge in [-0.3, -0.25) is 5.32 Å². The van der Waals surface area contributed by atoms with E-state index in [1.165, 1.54) is 12.1 Å². The number of carboxylic acid groups (broad SMARTS) is 1. The van der Waals surface area contributed by atoms with Gasteiger partial charge >= 0.3 is 18.2 Å². The zero-order valence-electron chi connectivity index (χ0n) is 17.6. The number of nitrogens with one attached hydrogen (secondary N) is 1. The zero-order chi connectivity index (χ0) is 25.5. The fourth-order valence-electron chi connectivity index (χ4n) is 2.92. The van der Waals surface area contributed by atoms with Crippen molar-refractivity contribution in [2.24, 2.45) is 0 Å². The predicted molar refractivity (Wildman–Crippen MR) is 110 cm³/mol. The Bertz CT molecular complexity index is 1210. The summed E-state index contributed by atoms with van der Waals surface area (Å²) >= 11 is 0. The van der Waals surface area contributed by atoms with E-state index in [4.69, 9.17) is 4.74 Å². The van der Waals surface area contributed by atoms with Crippen LogP contribution >= 0.6 is 0 Å². The Balaban J connectivity index is 2.00. The smallest absolute Gasteiger partial charge is 0.427 e. The maximum absolute atomic E-state index is 13.3. The first kappa shape index (κ1) is 25.1. The molecular weight excluding hydrogens is 488 g/mol. The first-order valence-corrected chi connectivity index (χ1v) is 10.9. The molecule has 9 nitrogen and oxygen atoms in total. The number of hydrogen-bond acceptors (Lipinski definition) is 6. The van der Waals surface area contributed by atoms with Gasteiger partial charge in [-0.15, -0.1) is 0 Å². The molecule has 1 aliphatic heterocycles. The molecule has 0 aromatic heterocycles. The van der Waals surface area contributed by atoms with Crippen LogP contribution in [0.1, 0.15) is 13.8 Å². The normalized spacial score (nSPS) is 16.3. The van der Waals surface area contributed by atoms with Crippen molar-refractivity contribution in [3.05, 3.63) is 48.3 Å². The lowest BCUT2D eigenvalue weighted by Crippen LogP contribution is -2.51. The summed E-state index contributed by atoms with van der Waals surface area (Å²) in [6.07, 6.45) is -6.34.